The Hall–Kier alpha value is -1.44. The molecular weight excluding hydrogens is 160 g/mol. The third kappa shape index (κ3) is 3.20. The van der Waals surface area contributed by atoms with Crippen LogP contribution in [0.4, 0.5) is 0 Å². The van der Waals surface area contributed by atoms with Crippen molar-refractivity contribution in [3.63, 3.8) is 0 Å². The smallest absolute Gasteiger partial charge is 0.115 e. The molecule has 2 heteroatoms. The van der Waals surface area contributed by atoms with Crippen LogP contribution < -0.4 is 0 Å². The molecule has 2 nitrogen and oxygen atoms in total. The van der Waals surface area contributed by atoms with E-state index in [1.165, 1.54) is 0 Å². The molecular formula is C11H14N2. The van der Waals surface area contributed by atoms with E-state index in [9.17, 15) is 0 Å². The fourth-order valence-electron chi connectivity index (χ4n) is 1.01. The van der Waals surface area contributed by atoms with Crippen LogP contribution >= 0.6 is 0 Å². The molecule has 1 aromatic heterocycles. The van der Waals surface area contributed by atoms with Crippen molar-refractivity contribution in [1.82, 2.24) is 9.97 Å². The van der Waals surface area contributed by atoms with Crippen molar-refractivity contribution in [3.05, 3.63) is 48.6 Å². The summed E-state index contributed by atoms with van der Waals surface area (Å²) in [5.41, 5.74) is 1.05. The lowest BCUT2D eigenvalue weighted by Gasteiger charge is -2.02. The molecule has 0 aliphatic rings. The van der Waals surface area contributed by atoms with Crippen LogP contribution in [0.3, 0.4) is 0 Å². The number of hydrogen-bond acceptors (Lipinski definition) is 2. The van der Waals surface area contributed by atoms with Crippen molar-refractivity contribution in [2.45, 2.75) is 19.8 Å². The van der Waals surface area contributed by atoms with Gasteiger partial charge >= 0.3 is 0 Å². The van der Waals surface area contributed by atoms with Gasteiger partial charge in [-0.15, -0.1) is 0 Å². The van der Waals surface area contributed by atoms with Crippen molar-refractivity contribution in [2.24, 2.45) is 0 Å². The Labute approximate surface area is 79.0 Å². The fraction of sp³-hybridized carbons (Fsp3) is 0.273. The average molecular weight is 174 g/mol. The molecule has 0 saturated carbocycles. The van der Waals surface area contributed by atoms with Crippen molar-refractivity contribution in [2.75, 3.05) is 0 Å². The molecule has 0 N–H and O–H groups in total. The third-order valence-electron chi connectivity index (χ3n) is 1.77. The van der Waals surface area contributed by atoms with Crippen LogP contribution in [0, 0.1) is 0 Å². The zero-order chi connectivity index (χ0) is 9.52. The van der Waals surface area contributed by atoms with Gasteiger partial charge in [-0.1, -0.05) is 31.2 Å². The Morgan fingerprint density at radius 3 is 2.85 bits per heavy atom. The minimum absolute atomic E-state index is 0.346. The minimum atomic E-state index is 0.346. The first-order valence-corrected chi connectivity index (χ1v) is 4.40. The number of aromatic nitrogens is 2. The highest BCUT2D eigenvalue weighted by atomic mass is 14.8. The summed E-state index contributed by atoms with van der Waals surface area (Å²) in [5, 5.41) is 0. The van der Waals surface area contributed by atoms with Gasteiger partial charge in [-0.3, -0.25) is 0 Å². The Morgan fingerprint density at radius 2 is 2.23 bits per heavy atom. The Bertz CT molecular complexity index is 288. The first kappa shape index (κ1) is 9.65. The van der Waals surface area contributed by atoms with E-state index in [1.807, 2.05) is 31.2 Å². The lowest BCUT2D eigenvalue weighted by atomic mass is 10.1. The van der Waals surface area contributed by atoms with Crippen molar-refractivity contribution < 1.29 is 0 Å². The summed E-state index contributed by atoms with van der Waals surface area (Å²) in [6, 6.07) is 1.94. The zero-order valence-corrected chi connectivity index (χ0v) is 8.01. The molecule has 1 heterocycles. The molecule has 0 amide bonds. The molecule has 13 heavy (non-hydrogen) atoms. The van der Waals surface area contributed by atoms with E-state index in [2.05, 4.69) is 23.0 Å². The van der Waals surface area contributed by atoms with Gasteiger partial charge in [0.05, 0.1) is 5.69 Å². The standard InChI is InChI=1S/C11H14N2/c1-3-4-5-6-10(2)11-7-8-12-9-13-11/h3-10H,1-2H3/b4-3-,6-5-. The van der Waals surface area contributed by atoms with Crippen molar-refractivity contribution >= 4 is 0 Å². The van der Waals surface area contributed by atoms with Gasteiger partial charge in [0.25, 0.3) is 0 Å². The molecule has 0 aliphatic heterocycles. The number of hydrogen-bond donors (Lipinski definition) is 0. The summed E-state index contributed by atoms with van der Waals surface area (Å²) in [4.78, 5) is 8.05. The zero-order valence-electron chi connectivity index (χ0n) is 8.01. The minimum Gasteiger partial charge on any atom is -0.245 e. The summed E-state index contributed by atoms with van der Waals surface area (Å²) in [6.45, 7) is 4.11. The van der Waals surface area contributed by atoms with Gasteiger partial charge in [0, 0.05) is 12.1 Å². The Morgan fingerprint density at radius 1 is 1.38 bits per heavy atom. The van der Waals surface area contributed by atoms with E-state index < -0.39 is 0 Å². The summed E-state index contributed by atoms with van der Waals surface area (Å²) in [6.07, 6.45) is 11.5. The normalized spacial score (nSPS) is 14.0. The molecule has 1 atom stereocenters. The SMILES string of the molecule is C/C=C\C=C/C(C)c1ccncn1. The highest BCUT2D eigenvalue weighted by molar-refractivity contribution is 5.15. The molecule has 0 saturated heterocycles. The predicted molar refractivity (Wildman–Crippen MR) is 54.4 cm³/mol. The first-order chi connectivity index (χ1) is 6.34. The van der Waals surface area contributed by atoms with Gasteiger partial charge in [0.1, 0.15) is 6.33 Å². The molecule has 1 aromatic rings. The Kier molecular flexibility index (Phi) is 3.89. The van der Waals surface area contributed by atoms with Crippen LogP contribution in [0.25, 0.3) is 0 Å². The number of rotatable bonds is 3. The maximum atomic E-state index is 4.17. The van der Waals surface area contributed by atoms with Gasteiger partial charge in [-0.05, 0) is 13.0 Å². The second-order valence-electron chi connectivity index (χ2n) is 2.83. The fourth-order valence-corrected chi connectivity index (χ4v) is 1.01. The summed E-state index contributed by atoms with van der Waals surface area (Å²) < 4.78 is 0. The molecule has 1 rings (SSSR count). The molecule has 0 radical (unpaired) electrons. The largest absolute Gasteiger partial charge is 0.245 e. The van der Waals surface area contributed by atoms with E-state index in [-0.39, 0.29) is 0 Å². The molecule has 0 aromatic carbocycles. The highest BCUT2D eigenvalue weighted by Gasteiger charge is 1.99. The Balaban J connectivity index is 2.63. The molecule has 68 valence electrons. The van der Waals surface area contributed by atoms with Crippen LogP contribution in [0.1, 0.15) is 25.5 Å². The van der Waals surface area contributed by atoms with E-state index in [1.54, 1.807) is 12.5 Å². The quantitative estimate of drug-likeness (QED) is 0.658. The van der Waals surface area contributed by atoms with Gasteiger partial charge in [-0.2, -0.15) is 0 Å². The average Bonchev–Trinajstić information content (AvgIpc) is 2.19. The second-order valence-corrected chi connectivity index (χ2v) is 2.83. The van der Waals surface area contributed by atoms with Gasteiger partial charge in [0.15, 0.2) is 0 Å². The van der Waals surface area contributed by atoms with Crippen molar-refractivity contribution in [3.8, 4) is 0 Å². The van der Waals surface area contributed by atoms with E-state index in [0.717, 1.165) is 5.69 Å². The van der Waals surface area contributed by atoms with E-state index >= 15 is 0 Å². The molecule has 0 fully saturated rings. The lowest BCUT2D eigenvalue weighted by molar-refractivity contribution is 0.891. The third-order valence-corrected chi connectivity index (χ3v) is 1.77. The van der Waals surface area contributed by atoms with Crippen LogP contribution in [-0.2, 0) is 0 Å². The van der Waals surface area contributed by atoms with Crippen LogP contribution in [0.15, 0.2) is 42.9 Å². The number of allylic oxidation sites excluding steroid dienone is 4. The van der Waals surface area contributed by atoms with Crippen LogP contribution in [0.2, 0.25) is 0 Å². The molecule has 0 bridgehead atoms. The van der Waals surface area contributed by atoms with E-state index in [0.29, 0.717) is 5.92 Å². The highest BCUT2D eigenvalue weighted by Crippen LogP contribution is 2.11. The summed E-state index contributed by atoms with van der Waals surface area (Å²) in [5.74, 6) is 0.346. The van der Waals surface area contributed by atoms with Crippen LogP contribution in [-0.4, -0.2) is 9.97 Å². The summed E-state index contributed by atoms with van der Waals surface area (Å²) >= 11 is 0. The molecule has 0 aliphatic carbocycles. The maximum absolute atomic E-state index is 4.17. The first-order valence-electron chi connectivity index (χ1n) is 4.40. The van der Waals surface area contributed by atoms with Gasteiger partial charge in [0.2, 0.25) is 0 Å². The maximum Gasteiger partial charge on any atom is 0.115 e. The lowest BCUT2D eigenvalue weighted by Crippen LogP contribution is -1.92. The monoisotopic (exact) mass is 174 g/mol. The summed E-state index contributed by atoms with van der Waals surface area (Å²) in [7, 11) is 0. The van der Waals surface area contributed by atoms with Gasteiger partial charge in [-0.25, -0.2) is 9.97 Å². The second kappa shape index (κ2) is 5.25. The molecule has 0 spiro atoms. The van der Waals surface area contributed by atoms with Crippen LogP contribution in [0.5, 0.6) is 0 Å². The van der Waals surface area contributed by atoms with E-state index in [4.69, 9.17) is 0 Å². The van der Waals surface area contributed by atoms with Crippen molar-refractivity contribution in [1.29, 1.82) is 0 Å². The van der Waals surface area contributed by atoms with Gasteiger partial charge < -0.3 is 0 Å². The molecule has 1 unspecified atom stereocenters. The predicted octanol–water partition coefficient (Wildman–Crippen LogP) is 2.71. The topological polar surface area (TPSA) is 25.8 Å². The number of nitrogens with zero attached hydrogens (tertiary/aromatic N) is 2.